The molecule has 1 fully saturated rings. The molecule has 1 saturated heterocycles. The van der Waals surface area contributed by atoms with Gasteiger partial charge < -0.3 is 11.5 Å². The van der Waals surface area contributed by atoms with Crippen LogP contribution < -0.4 is 21.5 Å². The monoisotopic (exact) mass is 272 g/mol. The number of carbonyl (C=O) groups excluding carboxylic acids is 1. The number of rotatable bonds is 2. The Labute approximate surface area is 103 Å². The maximum Gasteiger partial charge on any atom is 0.236 e. The molecule has 18 heavy (non-hydrogen) atoms. The van der Waals surface area contributed by atoms with Gasteiger partial charge in [-0.1, -0.05) is 0 Å². The second kappa shape index (κ2) is 4.07. The molecule has 1 atom stereocenters. The average molecular weight is 272 g/mol. The molecule has 98 valence electrons. The lowest BCUT2D eigenvalue weighted by molar-refractivity contribution is -0.117. The quantitative estimate of drug-likeness (QED) is 0.563. The minimum atomic E-state index is -3.78. The Morgan fingerprint density at radius 2 is 1.83 bits per heavy atom. The van der Waals surface area contributed by atoms with E-state index in [2.05, 4.69) is 9.97 Å². The van der Waals surface area contributed by atoms with Gasteiger partial charge in [-0.15, -0.1) is 0 Å². The van der Waals surface area contributed by atoms with E-state index >= 15 is 0 Å². The normalized spacial score (nSPS) is 20.4. The van der Waals surface area contributed by atoms with Crippen LogP contribution in [0.4, 0.5) is 17.6 Å². The second-order valence-corrected chi connectivity index (χ2v) is 5.78. The molecular weight excluding hydrogens is 260 g/mol. The van der Waals surface area contributed by atoms with Crippen molar-refractivity contribution >= 4 is 33.5 Å². The van der Waals surface area contributed by atoms with Gasteiger partial charge in [0.25, 0.3) is 0 Å². The van der Waals surface area contributed by atoms with Crippen LogP contribution in [0.25, 0.3) is 0 Å². The number of hydrogen-bond donors (Lipinski definition) is 3. The highest BCUT2D eigenvalue weighted by Gasteiger charge is 2.38. The number of amides is 1. The van der Waals surface area contributed by atoms with Crippen molar-refractivity contribution in [1.82, 2.24) is 9.97 Å². The highest BCUT2D eigenvalue weighted by atomic mass is 32.2. The predicted octanol–water partition coefficient (Wildman–Crippen LogP) is -1.97. The Hall–Kier alpha value is -1.94. The van der Waals surface area contributed by atoms with Crippen LogP contribution in [0.5, 0.6) is 0 Å². The molecule has 6 N–H and O–H groups in total. The lowest BCUT2D eigenvalue weighted by Gasteiger charge is -2.14. The maximum atomic E-state index is 11.7. The summed E-state index contributed by atoms with van der Waals surface area (Å²) in [5, 5.41) is 4.04. The van der Waals surface area contributed by atoms with Gasteiger partial charge in [-0.2, -0.15) is 9.97 Å². The standard InChI is InChI=1S/C8H12N6O3S/c9-5-2-6(10)13-8(12-5)14-3-4(1-7(14)15)18(11,16)17/h2,4H,1,3H2,(H2,11,16,17)(H4,9,10,12,13). The molecule has 0 aliphatic carbocycles. The van der Waals surface area contributed by atoms with Crippen molar-refractivity contribution in [3.05, 3.63) is 6.07 Å². The van der Waals surface area contributed by atoms with E-state index in [1.165, 1.54) is 6.07 Å². The summed E-state index contributed by atoms with van der Waals surface area (Å²) in [7, 11) is -3.78. The lowest BCUT2D eigenvalue weighted by Crippen LogP contribution is -2.33. The van der Waals surface area contributed by atoms with E-state index in [-0.39, 0.29) is 30.5 Å². The van der Waals surface area contributed by atoms with Gasteiger partial charge in [-0.25, -0.2) is 13.6 Å². The van der Waals surface area contributed by atoms with Crippen molar-refractivity contribution in [1.29, 1.82) is 0 Å². The van der Waals surface area contributed by atoms with Gasteiger partial charge in [0.1, 0.15) is 16.9 Å². The molecule has 9 nitrogen and oxygen atoms in total. The number of sulfonamides is 1. The van der Waals surface area contributed by atoms with Crippen molar-refractivity contribution < 1.29 is 13.2 Å². The van der Waals surface area contributed by atoms with Crippen LogP contribution in [0, 0.1) is 0 Å². The molecule has 0 saturated carbocycles. The first-order valence-corrected chi connectivity index (χ1v) is 6.60. The van der Waals surface area contributed by atoms with E-state index in [1.807, 2.05) is 0 Å². The molecule has 10 heteroatoms. The molecule has 1 aliphatic rings. The first kappa shape index (κ1) is 12.5. The Bertz CT molecular complexity index is 581. The number of anilines is 3. The summed E-state index contributed by atoms with van der Waals surface area (Å²) in [6.07, 6.45) is -0.198. The van der Waals surface area contributed by atoms with Crippen molar-refractivity contribution in [3.8, 4) is 0 Å². The van der Waals surface area contributed by atoms with E-state index in [9.17, 15) is 13.2 Å². The van der Waals surface area contributed by atoms with Gasteiger partial charge in [0, 0.05) is 19.0 Å². The summed E-state index contributed by atoms with van der Waals surface area (Å²) in [5.74, 6) is -0.239. The third-order valence-corrected chi connectivity index (χ3v) is 3.79. The first-order chi connectivity index (χ1) is 8.27. The summed E-state index contributed by atoms with van der Waals surface area (Å²) in [4.78, 5) is 20.5. The summed E-state index contributed by atoms with van der Waals surface area (Å²) in [6.45, 7) is -0.0967. The number of carbonyl (C=O) groups is 1. The number of aromatic nitrogens is 2. The zero-order valence-corrected chi connectivity index (χ0v) is 10.1. The zero-order valence-electron chi connectivity index (χ0n) is 9.28. The van der Waals surface area contributed by atoms with Crippen LogP contribution in [0.15, 0.2) is 6.07 Å². The van der Waals surface area contributed by atoms with Crippen LogP contribution in [0.2, 0.25) is 0 Å². The first-order valence-electron chi connectivity index (χ1n) is 4.99. The number of primary sulfonamides is 1. The highest BCUT2D eigenvalue weighted by Crippen LogP contribution is 2.22. The van der Waals surface area contributed by atoms with Gasteiger partial charge in [0.15, 0.2) is 0 Å². The molecule has 1 aromatic rings. The van der Waals surface area contributed by atoms with Gasteiger partial charge >= 0.3 is 0 Å². The van der Waals surface area contributed by atoms with Crippen LogP contribution in [0.1, 0.15) is 6.42 Å². The topological polar surface area (TPSA) is 158 Å². The van der Waals surface area contributed by atoms with Crippen molar-refractivity contribution in [2.75, 3.05) is 22.9 Å². The molecule has 2 rings (SSSR count). The minimum Gasteiger partial charge on any atom is -0.383 e. The number of nitrogens with two attached hydrogens (primary N) is 3. The Morgan fingerprint density at radius 1 is 1.28 bits per heavy atom. The Kier molecular flexibility index (Phi) is 2.83. The summed E-state index contributed by atoms with van der Waals surface area (Å²) in [5.41, 5.74) is 11.0. The SMILES string of the molecule is Nc1cc(N)nc(N2CC(S(N)(=O)=O)CC2=O)n1. The average Bonchev–Trinajstić information content (AvgIpc) is 2.58. The summed E-state index contributed by atoms with van der Waals surface area (Å²) < 4.78 is 22.4. The molecule has 1 aliphatic heterocycles. The van der Waals surface area contributed by atoms with E-state index < -0.39 is 21.2 Å². The fourth-order valence-corrected chi connectivity index (χ4v) is 2.41. The summed E-state index contributed by atoms with van der Waals surface area (Å²) >= 11 is 0. The van der Waals surface area contributed by atoms with E-state index in [1.54, 1.807) is 0 Å². The second-order valence-electron chi connectivity index (χ2n) is 3.94. The molecule has 2 heterocycles. The van der Waals surface area contributed by atoms with Gasteiger partial charge in [-0.3, -0.25) is 9.69 Å². The fraction of sp³-hybridized carbons (Fsp3) is 0.375. The maximum absolute atomic E-state index is 11.7. The lowest BCUT2D eigenvalue weighted by atomic mass is 10.4. The Balaban J connectivity index is 2.32. The van der Waals surface area contributed by atoms with Gasteiger partial charge in [0.2, 0.25) is 21.9 Å². The van der Waals surface area contributed by atoms with Gasteiger partial charge in [-0.05, 0) is 0 Å². The molecule has 1 aromatic heterocycles. The number of hydrogen-bond acceptors (Lipinski definition) is 7. The molecule has 0 spiro atoms. The smallest absolute Gasteiger partial charge is 0.236 e. The van der Waals surface area contributed by atoms with Crippen LogP contribution in [0.3, 0.4) is 0 Å². The van der Waals surface area contributed by atoms with Crippen LogP contribution in [-0.2, 0) is 14.8 Å². The molecule has 1 amide bonds. The van der Waals surface area contributed by atoms with E-state index in [0.29, 0.717) is 0 Å². The summed E-state index contributed by atoms with van der Waals surface area (Å²) in [6, 6.07) is 1.33. The van der Waals surface area contributed by atoms with E-state index in [0.717, 1.165) is 4.90 Å². The highest BCUT2D eigenvalue weighted by molar-refractivity contribution is 7.89. The van der Waals surface area contributed by atoms with Crippen LogP contribution >= 0.6 is 0 Å². The molecule has 0 bridgehead atoms. The molecule has 0 radical (unpaired) electrons. The van der Waals surface area contributed by atoms with Gasteiger partial charge in [0.05, 0.1) is 0 Å². The van der Waals surface area contributed by atoms with Crippen molar-refractivity contribution in [3.63, 3.8) is 0 Å². The Morgan fingerprint density at radius 3 is 2.28 bits per heavy atom. The number of nitrogen functional groups attached to an aromatic ring is 2. The fourth-order valence-electron chi connectivity index (χ4n) is 1.68. The largest absolute Gasteiger partial charge is 0.383 e. The minimum absolute atomic E-state index is 0.0105. The number of nitrogens with zero attached hydrogens (tertiary/aromatic N) is 3. The van der Waals surface area contributed by atoms with E-state index in [4.69, 9.17) is 16.6 Å². The van der Waals surface area contributed by atoms with Crippen molar-refractivity contribution in [2.45, 2.75) is 11.7 Å². The third kappa shape index (κ3) is 2.33. The third-order valence-electron chi connectivity index (χ3n) is 2.55. The predicted molar refractivity (Wildman–Crippen MR) is 64.7 cm³/mol. The molecule has 0 aromatic carbocycles. The molecular formula is C8H12N6O3S. The zero-order chi connectivity index (χ0) is 13.5. The molecule has 1 unspecified atom stereocenters. The van der Waals surface area contributed by atoms with Crippen molar-refractivity contribution in [2.24, 2.45) is 5.14 Å². The van der Waals surface area contributed by atoms with Crippen LogP contribution in [-0.4, -0.2) is 36.1 Å².